The largest absolute Gasteiger partial charge is 0.573 e. The number of piperidine rings is 1. The second-order valence-corrected chi connectivity index (χ2v) is 8.50. The summed E-state index contributed by atoms with van der Waals surface area (Å²) in [6.45, 7) is 0.178. The lowest BCUT2D eigenvalue weighted by atomic mass is 10.0. The molecule has 13 heteroatoms. The van der Waals surface area contributed by atoms with E-state index in [2.05, 4.69) is 20.5 Å². The molecule has 35 heavy (non-hydrogen) atoms. The van der Waals surface area contributed by atoms with E-state index in [0.717, 1.165) is 12.8 Å². The Morgan fingerprint density at radius 1 is 1.23 bits per heavy atom. The topological polar surface area (TPSA) is 99.9 Å². The summed E-state index contributed by atoms with van der Waals surface area (Å²) in [7, 11) is 1.47. The maximum Gasteiger partial charge on any atom is 0.573 e. The van der Waals surface area contributed by atoms with Crippen LogP contribution in [-0.2, 0) is 6.54 Å². The Bertz CT molecular complexity index is 1060. The van der Waals surface area contributed by atoms with E-state index < -0.39 is 36.4 Å². The van der Waals surface area contributed by atoms with E-state index in [9.17, 15) is 27.2 Å². The number of ether oxygens (including phenoxy) is 1. The van der Waals surface area contributed by atoms with Gasteiger partial charge in [-0.3, -0.25) is 0 Å². The van der Waals surface area contributed by atoms with E-state index in [1.54, 1.807) is 11.0 Å². The summed E-state index contributed by atoms with van der Waals surface area (Å²) in [5, 5.41) is 9.08. The Labute approximate surface area is 198 Å². The third-order valence-corrected chi connectivity index (χ3v) is 5.78. The van der Waals surface area contributed by atoms with E-state index in [0.29, 0.717) is 5.56 Å². The standard InChI is InChI=1S/C22H25F4N5O4/c1-27-20(32)30-11-14(23)8-16(12-30)31(15-5-6-15)21(33)28-10-18-9-19(29-35-18)13-3-2-4-17(7-13)34-22(24,25)26/h2-4,7,9,14-16H,5-6,8,10-12H2,1H3,(H,27,32)(H,28,33)/t14-,16?/m0/s1. The summed E-state index contributed by atoms with van der Waals surface area (Å²) < 4.78 is 60.9. The van der Waals surface area contributed by atoms with Gasteiger partial charge < -0.3 is 29.7 Å². The molecule has 0 spiro atoms. The number of hydrogen-bond donors (Lipinski definition) is 2. The fourth-order valence-electron chi connectivity index (χ4n) is 4.16. The van der Waals surface area contributed by atoms with Gasteiger partial charge >= 0.3 is 18.4 Å². The highest BCUT2D eigenvalue weighted by Crippen LogP contribution is 2.32. The van der Waals surface area contributed by atoms with Crippen molar-refractivity contribution in [3.8, 4) is 17.0 Å². The Morgan fingerprint density at radius 2 is 2.00 bits per heavy atom. The molecule has 0 bridgehead atoms. The maximum atomic E-state index is 14.3. The van der Waals surface area contributed by atoms with Gasteiger partial charge in [0.2, 0.25) is 0 Å². The molecule has 2 aliphatic rings. The van der Waals surface area contributed by atoms with Gasteiger partial charge in [-0.1, -0.05) is 17.3 Å². The molecule has 0 radical (unpaired) electrons. The first-order valence-corrected chi connectivity index (χ1v) is 11.1. The van der Waals surface area contributed by atoms with Crippen LogP contribution in [0.3, 0.4) is 0 Å². The molecule has 1 aliphatic heterocycles. The van der Waals surface area contributed by atoms with Gasteiger partial charge in [0.1, 0.15) is 17.6 Å². The monoisotopic (exact) mass is 499 g/mol. The van der Waals surface area contributed by atoms with E-state index in [1.165, 1.54) is 36.2 Å². The predicted octanol–water partition coefficient (Wildman–Crippen LogP) is 3.67. The molecule has 1 saturated carbocycles. The third-order valence-electron chi connectivity index (χ3n) is 5.78. The van der Waals surface area contributed by atoms with Crippen molar-refractivity contribution in [2.24, 2.45) is 0 Å². The lowest BCUT2D eigenvalue weighted by molar-refractivity contribution is -0.274. The minimum absolute atomic E-state index is 0.0215. The first-order chi connectivity index (χ1) is 16.6. The number of halogens is 4. The van der Waals surface area contributed by atoms with Crippen molar-refractivity contribution in [3.05, 3.63) is 36.1 Å². The molecule has 1 aromatic carbocycles. The minimum atomic E-state index is -4.82. The van der Waals surface area contributed by atoms with Crippen LogP contribution in [0.25, 0.3) is 11.3 Å². The minimum Gasteiger partial charge on any atom is -0.406 e. The molecule has 1 saturated heterocycles. The van der Waals surface area contributed by atoms with Crippen LogP contribution in [0, 0.1) is 0 Å². The molecule has 1 aromatic heterocycles. The second-order valence-electron chi connectivity index (χ2n) is 8.50. The van der Waals surface area contributed by atoms with E-state index in [1.807, 2.05) is 0 Å². The molecule has 190 valence electrons. The first kappa shape index (κ1) is 24.6. The molecular formula is C22H25F4N5O4. The van der Waals surface area contributed by atoms with Crippen LogP contribution >= 0.6 is 0 Å². The second kappa shape index (κ2) is 10.0. The van der Waals surface area contributed by atoms with E-state index in [-0.39, 0.29) is 43.6 Å². The highest BCUT2D eigenvalue weighted by molar-refractivity contribution is 5.76. The van der Waals surface area contributed by atoms with Crippen molar-refractivity contribution in [3.63, 3.8) is 0 Å². The fourth-order valence-corrected chi connectivity index (χ4v) is 4.16. The Kier molecular flexibility index (Phi) is 7.03. The number of carbonyl (C=O) groups is 2. The number of benzene rings is 1. The zero-order valence-corrected chi connectivity index (χ0v) is 18.8. The smallest absolute Gasteiger partial charge is 0.406 e. The Morgan fingerprint density at radius 3 is 2.69 bits per heavy atom. The normalized spacial score (nSPS) is 20.3. The predicted molar refractivity (Wildman–Crippen MR) is 115 cm³/mol. The molecule has 2 aromatic rings. The highest BCUT2D eigenvalue weighted by Gasteiger charge is 2.42. The quantitative estimate of drug-likeness (QED) is 0.591. The first-order valence-electron chi connectivity index (χ1n) is 11.1. The van der Waals surface area contributed by atoms with Gasteiger partial charge in [-0.25, -0.2) is 14.0 Å². The number of urea groups is 2. The molecular weight excluding hydrogens is 474 g/mol. The Balaban J connectivity index is 1.39. The number of alkyl halides is 4. The van der Waals surface area contributed by atoms with Crippen LogP contribution in [0.5, 0.6) is 5.75 Å². The van der Waals surface area contributed by atoms with Crippen molar-refractivity contribution in [1.82, 2.24) is 25.6 Å². The summed E-state index contributed by atoms with van der Waals surface area (Å²) in [4.78, 5) is 27.9. The number of nitrogens with zero attached hydrogens (tertiary/aromatic N) is 3. The zero-order chi connectivity index (χ0) is 25.2. The van der Waals surface area contributed by atoms with Gasteiger partial charge in [-0.2, -0.15) is 0 Å². The fraction of sp³-hybridized carbons (Fsp3) is 0.500. The number of likely N-dealkylation sites (tertiary alicyclic amines) is 1. The summed E-state index contributed by atoms with van der Waals surface area (Å²) in [5.41, 5.74) is 0.618. The number of nitrogens with one attached hydrogen (secondary N) is 2. The zero-order valence-electron chi connectivity index (χ0n) is 18.8. The molecule has 1 aliphatic carbocycles. The van der Waals surface area contributed by atoms with Crippen molar-refractivity contribution >= 4 is 12.1 Å². The van der Waals surface area contributed by atoms with Gasteiger partial charge in [-0.05, 0) is 25.0 Å². The van der Waals surface area contributed by atoms with E-state index in [4.69, 9.17) is 4.52 Å². The summed E-state index contributed by atoms with van der Waals surface area (Å²) in [6.07, 6.45) is -4.33. The molecule has 9 nitrogen and oxygen atoms in total. The third kappa shape index (κ3) is 6.34. The number of carbonyl (C=O) groups excluding carboxylic acids is 2. The van der Waals surface area contributed by atoms with Gasteiger partial charge in [0.15, 0.2) is 5.76 Å². The highest BCUT2D eigenvalue weighted by atomic mass is 19.4. The van der Waals surface area contributed by atoms with Gasteiger partial charge in [0.25, 0.3) is 0 Å². The van der Waals surface area contributed by atoms with Crippen molar-refractivity contribution in [1.29, 1.82) is 0 Å². The Hall–Kier alpha value is -3.51. The number of aromatic nitrogens is 1. The van der Waals surface area contributed by atoms with Crippen molar-refractivity contribution in [2.75, 3.05) is 20.1 Å². The average Bonchev–Trinajstić information content (AvgIpc) is 3.51. The molecule has 4 rings (SSSR count). The summed E-state index contributed by atoms with van der Waals surface area (Å²) in [6, 6.07) is 5.48. The lowest BCUT2D eigenvalue weighted by Gasteiger charge is -2.40. The van der Waals surface area contributed by atoms with Crippen molar-refractivity contribution in [2.45, 2.75) is 50.4 Å². The van der Waals surface area contributed by atoms with Crippen LogP contribution in [0.15, 0.2) is 34.9 Å². The summed E-state index contributed by atoms with van der Waals surface area (Å²) in [5.74, 6) is -0.109. The van der Waals surface area contributed by atoms with Gasteiger partial charge in [0, 0.05) is 37.7 Å². The van der Waals surface area contributed by atoms with Gasteiger partial charge in [-0.15, -0.1) is 13.2 Å². The molecule has 1 unspecified atom stereocenters. The number of hydrogen-bond acceptors (Lipinski definition) is 5. The lowest BCUT2D eigenvalue weighted by Crippen LogP contribution is -2.58. The SMILES string of the molecule is CNC(=O)N1CC(N(C(=O)NCc2cc(-c3cccc(OC(F)(F)F)c3)no2)C2CC2)C[C@H](F)C1. The van der Waals surface area contributed by atoms with Crippen molar-refractivity contribution < 1.29 is 36.4 Å². The molecule has 4 amide bonds. The van der Waals surface area contributed by atoms with Crippen LogP contribution in [0.4, 0.5) is 27.2 Å². The molecule has 2 N–H and O–H groups in total. The molecule has 2 fully saturated rings. The van der Waals surface area contributed by atoms with Crippen LogP contribution in [0.1, 0.15) is 25.0 Å². The van der Waals surface area contributed by atoms with Crippen LogP contribution < -0.4 is 15.4 Å². The maximum absolute atomic E-state index is 14.3. The van der Waals surface area contributed by atoms with Gasteiger partial charge in [0.05, 0.1) is 19.1 Å². The molecule has 2 atom stereocenters. The molecule has 2 heterocycles. The summed E-state index contributed by atoms with van der Waals surface area (Å²) >= 11 is 0. The van der Waals surface area contributed by atoms with E-state index >= 15 is 0 Å². The number of amides is 4. The number of rotatable bonds is 6. The van der Waals surface area contributed by atoms with Crippen LogP contribution in [0.2, 0.25) is 0 Å². The average molecular weight is 499 g/mol. The van der Waals surface area contributed by atoms with Crippen LogP contribution in [-0.4, -0.2) is 71.8 Å².